The topological polar surface area (TPSA) is 145 Å². The molecule has 0 saturated carbocycles. The monoisotopic (exact) mass is 450 g/mol. The molecule has 4 N–H and O–H groups in total. The van der Waals surface area contributed by atoms with Crippen LogP contribution in [-0.2, 0) is 20.7 Å². The van der Waals surface area contributed by atoms with E-state index >= 15 is 0 Å². The van der Waals surface area contributed by atoms with Gasteiger partial charge in [-0.3, -0.25) is 4.79 Å². The van der Waals surface area contributed by atoms with Crippen molar-refractivity contribution in [3.63, 3.8) is 0 Å². The number of carboxylic acids is 1. The minimum absolute atomic E-state index is 0.0716. The van der Waals surface area contributed by atoms with Crippen molar-refractivity contribution < 1.29 is 29.3 Å². The number of ether oxygens (including phenoxy) is 1. The minimum Gasteiger partial charge on any atom is -0.478 e. The normalized spacial score (nSPS) is 13.6. The number of fused-ring (bicyclic) bond motifs is 1. The number of anilines is 1. The molecule has 0 aliphatic carbocycles. The third-order valence-electron chi connectivity index (χ3n) is 5.33. The molecular formula is C23H22N4O6. The summed E-state index contributed by atoms with van der Waals surface area (Å²) < 4.78 is 4.79. The number of β-amino-alcohol motifs (C(OH)–C–C–N with tert-alkyl or cyclic N) is 1. The summed E-state index contributed by atoms with van der Waals surface area (Å²) >= 11 is 0. The second-order valence-corrected chi connectivity index (χ2v) is 7.51. The van der Waals surface area contributed by atoms with E-state index in [4.69, 9.17) is 14.9 Å². The highest BCUT2D eigenvalue weighted by atomic mass is 16.5. The number of nitrogens with one attached hydrogen (secondary N) is 2. The predicted molar refractivity (Wildman–Crippen MR) is 119 cm³/mol. The number of esters is 1. The molecule has 1 aromatic heterocycles. The largest absolute Gasteiger partial charge is 0.478 e. The zero-order chi connectivity index (χ0) is 23.5. The lowest BCUT2D eigenvalue weighted by Gasteiger charge is -2.15. The molecule has 1 aliphatic rings. The Morgan fingerprint density at radius 1 is 1.21 bits per heavy atom. The Labute approximate surface area is 188 Å². The number of imidazole rings is 1. The van der Waals surface area contributed by atoms with Crippen molar-refractivity contribution in [1.82, 2.24) is 14.9 Å². The van der Waals surface area contributed by atoms with Gasteiger partial charge in [-0.2, -0.15) is 0 Å². The van der Waals surface area contributed by atoms with Crippen molar-refractivity contribution in [2.75, 3.05) is 32.1 Å². The van der Waals surface area contributed by atoms with Crippen LogP contribution in [0.25, 0.3) is 11.0 Å². The number of carboxylic acid groups (broad SMARTS) is 1. The van der Waals surface area contributed by atoms with Gasteiger partial charge in [0.05, 0.1) is 42.4 Å². The van der Waals surface area contributed by atoms with Crippen LogP contribution in [-0.4, -0.2) is 69.7 Å². The molecule has 2 heterocycles. The van der Waals surface area contributed by atoms with E-state index in [0.717, 1.165) is 5.56 Å². The van der Waals surface area contributed by atoms with Crippen LogP contribution < -0.4 is 5.32 Å². The minimum atomic E-state index is -0.998. The number of H-pyrrole nitrogens is 1. The first-order valence-corrected chi connectivity index (χ1v) is 10.2. The highest BCUT2D eigenvalue weighted by Crippen LogP contribution is 2.23. The van der Waals surface area contributed by atoms with Gasteiger partial charge in [-0.25, -0.2) is 14.6 Å². The molecule has 1 aliphatic heterocycles. The van der Waals surface area contributed by atoms with Crippen LogP contribution >= 0.6 is 0 Å². The first-order valence-electron chi connectivity index (χ1n) is 10.2. The van der Waals surface area contributed by atoms with Crippen LogP contribution in [0.5, 0.6) is 0 Å². The predicted octanol–water partition coefficient (Wildman–Crippen LogP) is 1.53. The van der Waals surface area contributed by atoms with Gasteiger partial charge in [-0.05, 0) is 35.9 Å². The van der Waals surface area contributed by atoms with Gasteiger partial charge in [0, 0.05) is 18.7 Å². The number of aliphatic hydroxyl groups is 1. The number of aromatic carboxylic acids is 1. The molecule has 0 radical (unpaired) electrons. The summed E-state index contributed by atoms with van der Waals surface area (Å²) in [7, 11) is 1.25. The van der Waals surface area contributed by atoms with Gasteiger partial charge in [0.25, 0.3) is 5.91 Å². The number of aliphatic hydroxyl groups excluding tert-OH is 1. The average molecular weight is 450 g/mol. The number of aromatic nitrogens is 2. The lowest BCUT2D eigenvalue weighted by Crippen LogP contribution is -2.31. The molecule has 10 nitrogen and oxygen atoms in total. The summed E-state index contributed by atoms with van der Waals surface area (Å²) in [6.07, 6.45) is 0.497. The zero-order valence-electron chi connectivity index (χ0n) is 17.8. The van der Waals surface area contributed by atoms with Crippen molar-refractivity contribution in [3.8, 4) is 0 Å². The molecule has 0 spiro atoms. The Kier molecular flexibility index (Phi) is 6.09. The molecule has 2 aromatic carbocycles. The Hall–Kier alpha value is -4.18. The number of carbonyl (C=O) groups excluding carboxylic acids is 2. The van der Waals surface area contributed by atoms with Gasteiger partial charge in [0.2, 0.25) is 0 Å². The van der Waals surface area contributed by atoms with Crippen LogP contribution in [0, 0.1) is 0 Å². The lowest BCUT2D eigenvalue weighted by atomic mass is 10.1. The maximum atomic E-state index is 12.6. The van der Waals surface area contributed by atoms with E-state index in [-0.39, 0.29) is 42.4 Å². The lowest BCUT2D eigenvalue weighted by molar-refractivity contribution is -0.136. The highest BCUT2D eigenvalue weighted by molar-refractivity contribution is 6.08. The van der Waals surface area contributed by atoms with Gasteiger partial charge in [-0.15, -0.1) is 0 Å². The summed E-state index contributed by atoms with van der Waals surface area (Å²) in [6.45, 7) is -0.0153. The van der Waals surface area contributed by atoms with E-state index < -0.39 is 11.9 Å². The Bertz CT molecular complexity index is 1260. The number of hydrogen-bond donors (Lipinski definition) is 4. The molecule has 1 amide bonds. The van der Waals surface area contributed by atoms with E-state index in [9.17, 15) is 14.4 Å². The van der Waals surface area contributed by atoms with Gasteiger partial charge in [0.15, 0.2) is 0 Å². The SMILES string of the molecule is COC(=O)C1=C(Nc2ccc(Cc3nc4ccc(C(=O)O)cc4[nH]3)cc2)C(=O)N(CCO)C1. The average Bonchev–Trinajstić information content (AvgIpc) is 3.35. The molecule has 0 atom stereocenters. The zero-order valence-corrected chi connectivity index (χ0v) is 17.8. The summed E-state index contributed by atoms with van der Waals surface area (Å²) in [5, 5.41) is 21.3. The molecule has 0 saturated heterocycles. The van der Waals surface area contributed by atoms with Crippen LogP contribution in [0.4, 0.5) is 5.69 Å². The second-order valence-electron chi connectivity index (χ2n) is 7.51. The summed E-state index contributed by atoms with van der Waals surface area (Å²) in [5.74, 6) is -1.29. The first kappa shape index (κ1) is 22.0. The third kappa shape index (κ3) is 4.55. The number of benzene rings is 2. The van der Waals surface area contributed by atoms with Crippen molar-refractivity contribution in [1.29, 1.82) is 0 Å². The Morgan fingerprint density at radius 2 is 1.97 bits per heavy atom. The summed E-state index contributed by atoms with van der Waals surface area (Å²) in [6, 6.07) is 12.0. The first-order chi connectivity index (χ1) is 15.9. The fraction of sp³-hybridized carbons (Fsp3) is 0.217. The fourth-order valence-electron chi connectivity index (χ4n) is 3.67. The third-order valence-corrected chi connectivity index (χ3v) is 5.33. The number of aromatic amines is 1. The molecule has 10 heteroatoms. The van der Waals surface area contributed by atoms with Crippen molar-refractivity contribution in [2.24, 2.45) is 0 Å². The molecular weight excluding hydrogens is 428 g/mol. The standard InChI is InChI=1S/C23H22N4O6/c1-33-23(32)16-12-27(8-9-28)21(29)20(16)24-15-5-2-13(3-6-15)10-19-25-17-7-4-14(22(30)31)11-18(17)26-19/h2-7,11,24,28H,8-10,12H2,1H3,(H,25,26)(H,30,31). The van der Waals surface area contributed by atoms with Crippen molar-refractivity contribution in [3.05, 3.63) is 70.7 Å². The van der Waals surface area contributed by atoms with Gasteiger partial charge in [0.1, 0.15) is 11.5 Å². The quantitative estimate of drug-likeness (QED) is 0.378. The Balaban J connectivity index is 1.50. The number of rotatable bonds is 8. The van der Waals surface area contributed by atoms with Crippen LogP contribution in [0.1, 0.15) is 21.7 Å². The summed E-state index contributed by atoms with van der Waals surface area (Å²) in [5.41, 5.74) is 3.43. The Morgan fingerprint density at radius 3 is 2.64 bits per heavy atom. The molecule has 4 rings (SSSR count). The van der Waals surface area contributed by atoms with E-state index in [1.165, 1.54) is 18.1 Å². The molecule has 170 valence electrons. The molecule has 0 unspecified atom stereocenters. The van der Waals surface area contributed by atoms with Gasteiger partial charge < -0.3 is 30.2 Å². The molecule has 3 aromatic rings. The second kappa shape index (κ2) is 9.13. The highest BCUT2D eigenvalue weighted by Gasteiger charge is 2.34. The number of methoxy groups -OCH3 is 1. The molecule has 0 fully saturated rings. The molecule has 33 heavy (non-hydrogen) atoms. The number of carbonyl (C=O) groups is 3. The number of nitrogens with zero attached hydrogens (tertiary/aromatic N) is 2. The molecule has 0 bridgehead atoms. The number of hydrogen-bond acceptors (Lipinski definition) is 7. The van der Waals surface area contributed by atoms with E-state index in [1.54, 1.807) is 24.3 Å². The van der Waals surface area contributed by atoms with Crippen molar-refractivity contribution in [2.45, 2.75) is 6.42 Å². The van der Waals surface area contributed by atoms with E-state index in [0.29, 0.717) is 29.0 Å². The summed E-state index contributed by atoms with van der Waals surface area (Å²) in [4.78, 5) is 44.9. The van der Waals surface area contributed by atoms with Gasteiger partial charge in [-0.1, -0.05) is 12.1 Å². The van der Waals surface area contributed by atoms with Crippen molar-refractivity contribution >= 4 is 34.6 Å². The number of amides is 1. The maximum absolute atomic E-state index is 12.6. The van der Waals surface area contributed by atoms with Crippen LogP contribution in [0.3, 0.4) is 0 Å². The van der Waals surface area contributed by atoms with E-state index in [1.807, 2.05) is 12.1 Å². The smallest absolute Gasteiger partial charge is 0.337 e. The van der Waals surface area contributed by atoms with Crippen LogP contribution in [0.2, 0.25) is 0 Å². The van der Waals surface area contributed by atoms with E-state index in [2.05, 4.69) is 15.3 Å². The van der Waals surface area contributed by atoms with Gasteiger partial charge >= 0.3 is 11.9 Å². The fourth-order valence-corrected chi connectivity index (χ4v) is 3.67. The maximum Gasteiger partial charge on any atom is 0.337 e. The van der Waals surface area contributed by atoms with Crippen LogP contribution in [0.15, 0.2) is 53.7 Å².